The van der Waals surface area contributed by atoms with Gasteiger partial charge in [0.05, 0.1) is 5.69 Å². The largest absolute Gasteiger partial charge is 0.341 e. The number of nitrogens with zero attached hydrogens (tertiary/aromatic N) is 3. The van der Waals surface area contributed by atoms with E-state index in [2.05, 4.69) is 14.9 Å². The smallest absolute Gasteiger partial charge is 0.226 e. The second-order valence-corrected chi connectivity index (χ2v) is 5.33. The lowest BCUT2D eigenvalue weighted by molar-refractivity contribution is 0.891. The van der Waals surface area contributed by atoms with Crippen molar-refractivity contribution in [1.29, 1.82) is 0 Å². The molecule has 4 heteroatoms. The van der Waals surface area contributed by atoms with E-state index in [1.165, 1.54) is 12.8 Å². The lowest BCUT2D eigenvalue weighted by Crippen LogP contribution is -2.20. The van der Waals surface area contributed by atoms with Gasteiger partial charge in [-0.05, 0) is 38.0 Å². The van der Waals surface area contributed by atoms with Crippen LogP contribution in [-0.4, -0.2) is 23.1 Å². The standard InChI is InChI=1S/C15H16ClN3/c1-11-10-14(12-4-6-13(16)7-5-12)18-15(17-11)19-8-2-3-9-19/h4-7,10H,2-3,8-9H2,1H3. The van der Waals surface area contributed by atoms with Crippen LogP contribution < -0.4 is 4.90 Å². The van der Waals surface area contributed by atoms with E-state index in [1.54, 1.807) is 0 Å². The molecule has 0 aliphatic carbocycles. The zero-order valence-electron chi connectivity index (χ0n) is 10.9. The minimum absolute atomic E-state index is 0.745. The van der Waals surface area contributed by atoms with Crippen molar-refractivity contribution in [3.63, 3.8) is 0 Å². The third kappa shape index (κ3) is 2.71. The van der Waals surface area contributed by atoms with E-state index in [1.807, 2.05) is 37.3 Å². The van der Waals surface area contributed by atoms with E-state index in [9.17, 15) is 0 Å². The highest BCUT2D eigenvalue weighted by Gasteiger charge is 2.16. The first kappa shape index (κ1) is 12.4. The van der Waals surface area contributed by atoms with Gasteiger partial charge in [0, 0.05) is 29.4 Å². The summed E-state index contributed by atoms with van der Waals surface area (Å²) in [7, 11) is 0. The monoisotopic (exact) mass is 273 g/mol. The van der Waals surface area contributed by atoms with Crippen molar-refractivity contribution in [3.05, 3.63) is 41.0 Å². The fraction of sp³-hybridized carbons (Fsp3) is 0.333. The summed E-state index contributed by atoms with van der Waals surface area (Å²) in [4.78, 5) is 11.5. The van der Waals surface area contributed by atoms with Crippen LogP contribution in [0.1, 0.15) is 18.5 Å². The molecule has 1 saturated heterocycles. The van der Waals surface area contributed by atoms with Gasteiger partial charge in [-0.3, -0.25) is 0 Å². The summed E-state index contributed by atoms with van der Waals surface area (Å²) in [5, 5.41) is 0.745. The Kier molecular flexibility index (Phi) is 3.38. The summed E-state index contributed by atoms with van der Waals surface area (Å²) in [6, 6.07) is 9.80. The Morgan fingerprint density at radius 2 is 1.74 bits per heavy atom. The van der Waals surface area contributed by atoms with E-state index in [0.717, 1.165) is 41.0 Å². The van der Waals surface area contributed by atoms with Gasteiger partial charge in [0.25, 0.3) is 0 Å². The molecule has 0 spiro atoms. The Bertz CT molecular complexity index is 574. The number of rotatable bonds is 2. The Labute approximate surface area is 118 Å². The van der Waals surface area contributed by atoms with Gasteiger partial charge in [0.1, 0.15) is 0 Å². The van der Waals surface area contributed by atoms with Crippen LogP contribution in [0.15, 0.2) is 30.3 Å². The van der Waals surface area contributed by atoms with Gasteiger partial charge in [-0.25, -0.2) is 9.97 Å². The van der Waals surface area contributed by atoms with Gasteiger partial charge in [-0.2, -0.15) is 0 Å². The topological polar surface area (TPSA) is 29.0 Å². The number of halogens is 1. The number of anilines is 1. The van der Waals surface area contributed by atoms with E-state index in [4.69, 9.17) is 11.6 Å². The summed E-state index contributed by atoms with van der Waals surface area (Å²) < 4.78 is 0. The molecule has 1 fully saturated rings. The summed E-state index contributed by atoms with van der Waals surface area (Å²) in [6.45, 7) is 4.13. The number of aryl methyl sites for hydroxylation is 1. The second-order valence-electron chi connectivity index (χ2n) is 4.90. The molecule has 3 rings (SSSR count). The van der Waals surface area contributed by atoms with Crippen LogP contribution >= 0.6 is 11.6 Å². The summed E-state index contributed by atoms with van der Waals surface area (Å²) in [5.74, 6) is 0.849. The molecule has 0 atom stereocenters. The highest BCUT2D eigenvalue weighted by Crippen LogP contribution is 2.23. The van der Waals surface area contributed by atoms with Gasteiger partial charge in [0.15, 0.2) is 0 Å². The lowest BCUT2D eigenvalue weighted by atomic mass is 10.1. The molecule has 1 aliphatic rings. The Balaban J connectivity index is 1.99. The predicted octanol–water partition coefficient (Wildman–Crippen LogP) is 3.71. The number of benzene rings is 1. The maximum Gasteiger partial charge on any atom is 0.226 e. The summed E-state index contributed by atoms with van der Waals surface area (Å²) in [5.41, 5.74) is 3.04. The molecule has 3 nitrogen and oxygen atoms in total. The number of hydrogen-bond donors (Lipinski definition) is 0. The molecule has 0 N–H and O–H groups in total. The highest BCUT2D eigenvalue weighted by molar-refractivity contribution is 6.30. The average molecular weight is 274 g/mol. The fourth-order valence-corrected chi connectivity index (χ4v) is 2.51. The molecule has 98 valence electrons. The Morgan fingerprint density at radius 3 is 2.42 bits per heavy atom. The normalized spacial score (nSPS) is 14.9. The van der Waals surface area contributed by atoms with Gasteiger partial charge in [0.2, 0.25) is 5.95 Å². The number of aromatic nitrogens is 2. The Hall–Kier alpha value is -1.61. The molecule has 2 aromatic rings. The van der Waals surface area contributed by atoms with Crippen molar-refractivity contribution in [2.45, 2.75) is 19.8 Å². The molecule has 19 heavy (non-hydrogen) atoms. The van der Waals surface area contributed by atoms with Crippen molar-refractivity contribution in [2.24, 2.45) is 0 Å². The molecule has 0 radical (unpaired) electrons. The molecule has 2 heterocycles. The zero-order valence-corrected chi connectivity index (χ0v) is 11.7. The van der Waals surface area contributed by atoms with Crippen LogP contribution in [0.5, 0.6) is 0 Å². The first-order chi connectivity index (χ1) is 9.22. The van der Waals surface area contributed by atoms with Crippen LogP contribution in [0.2, 0.25) is 5.02 Å². The van der Waals surface area contributed by atoms with Crippen molar-refractivity contribution in [2.75, 3.05) is 18.0 Å². The van der Waals surface area contributed by atoms with Crippen molar-refractivity contribution in [1.82, 2.24) is 9.97 Å². The quantitative estimate of drug-likeness (QED) is 0.835. The van der Waals surface area contributed by atoms with Gasteiger partial charge < -0.3 is 4.90 Å². The second kappa shape index (κ2) is 5.17. The molecular formula is C15H16ClN3. The summed E-state index contributed by atoms with van der Waals surface area (Å²) >= 11 is 5.92. The molecular weight excluding hydrogens is 258 g/mol. The molecule has 0 amide bonds. The van der Waals surface area contributed by atoms with Crippen molar-refractivity contribution in [3.8, 4) is 11.3 Å². The van der Waals surface area contributed by atoms with Gasteiger partial charge in [-0.15, -0.1) is 0 Å². The van der Waals surface area contributed by atoms with Crippen LogP contribution in [-0.2, 0) is 0 Å². The first-order valence-corrected chi connectivity index (χ1v) is 6.97. The summed E-state index contributed by atoms with van der Waals surface area (Å²) in [6.07, 6.45) is 2.46. The van der Waals surface area contributed by atoms with Crippen molar-refractivity contribution >= 4 is 17.5 Å². The van der Waals surface area contributed by atoms with Gasteiger partial charge in [-0.1, -0.05) is 23.7 Å². The Morgan fingerprint density at radius 1 is 1.05 bits per heavy atom. The third-order valence-corrected chi connectivity index (χ3v) is 3.62. The van der Waals surface area contributed by atoms with E-state index in [0.29, 0.717) is 0 Å². The molecule has 1 aromatic heterocycles. The molecule has 0 unspecified atom stereocenters. The first-order valence-electron chi connectivity index (χ1n) is 6.59. The van der Waals surface area contributed by atoms with Crippen LogP contribution in [0.4, 0.5) is 5.95 Å². The lowest BCUT2D eigenvalue weighted by Gasteiger charge is -2.16. The molecule has 0 saturated carbocycles. The average Bonchev–Trinajstić information content (AvgIpc) is 2.93. The fourth-order valence-electron chi connectivity index (χ4n) is 2.38. The minimum Gasteiger partial charge on any atom is -0.341 e. The molecule has 1 aliphatic heterocycles. The highest BCUT2D eigenvalue weighted by atomic mass is 35.5. The molecule has 0 bridgehead atoms. The van der Waals surface area contributed by atoms with E-state index < -0.39 is 0 Å². The zero-order chi connectivity index (χ0) is 13.2. The van der Waals surface area contributed by atoms with Crippen LogP contribution in [0.3, 0.4) is 0 Å². The third-order valence-electron chi connectivity index (χ3n) is 3.37. The van der Waals surface area contributed by atoms with E-state index in [-0.39, 0.29) is 0 Å². The SMILES string of the molecule is Cc1cc(-c2ccc(Cl)cc2)nc(N2CCCC2)n1. The molecule has 1 aromatic carbocycles. The van der Waals surface area contributed by atoms with Crippen molar-refractivity contribution < 1.29 is 0 Å². The maximum absolute atomic E-state index is 5.92. The van der Waals surface area contributed by atoms with Crippen LogP contribution in [0, 0.1) is 6.92 Å². The minimum atomic E-state index is 0.745. The van der Waals surface area contributed by atoms with Gasteiger partial charge >= 0.3 is 0 Å². The predicted molar refractivity (Wildman–Crippen MR) is 78.7 cm³/mol. The van der Waals surface area contributed by atoms with E-state index >= 15 is 0 Å². The van der Waals surface area contributed by atoms with Crippen LogP contribution in [0.25, 0.3) is 11.3 Å². The number of hydrogen-bond acceptors (Lipinski definition) is 3. The maximum atomic E-state index is 5.92.